The molecule has 0 saturated carbocycles. The summed E-state index contributed by atoms with van der Waals surface area (Å²) in [5.41, 5.74) is 1.34. The summed E-state index contributed by atoms with van der Waals surface area (Å²) in [6.45, 7) is 6.66. The van der Waals surface area contributed by atoms with E-state index < -0.39 is 0 Å². The lowest BCUT2D eigenvalue weighted by Crippen LogP contribution is -2.25. The van der Waals surface area contributed by atoms with Gasteiger partial charge in [0.15, 0.2) is 0 Å². The lowest BCUT2D eigenvalue weighted by Gasteiger charge is -2.28. The number of methoxy groups -OCH3 is 1. The van der Waals surface area contributed by atoms with Gasteiger partial charge >= 0.3 is 0 Å². The van der Waals surface area contributed by atoms with Gasteiger partial charge < -0.3 is 14.4 Å². The molecule has 19 heavy (non-hydrogen) atoms. The maximum atomic E-state index is 5.88. The normalized spacial score (nSPS) is 24.9. The van der Waals surface area contributed by atoms with E-state index in [0.717, 1.165) is 18.1 Å². The predicted molar refractivity (Wildman–Crippen MR) is 78.7 cm³/mol. The third-order valence-electron chi connectivity index (χ3n) is 4.13. The molecular formula is C15H22ClNO2. The van der Waals surface area contributed by atoms with Gasteiger partial charge in [-0.05, 0) is 31.2 Å². The SMILES string of the molecule is CCCN1CC2COc3ccc(OC)cc3C2C1.Cl. The molecule has 0 aliphatic carbocycles. The molecular weight excluding hydrogens is 262 g/mol. The highest BCUT2D eigenvalue weighted by Crippen LogP contribution is 2.42. The molecule has 2 aliphatic rings. The highest BCUT2D eigenvalue weighted by molar-refractivity contribution is 5.85. The Balaban J connectivity index is 0.00000133. The first kappa shape index (κ1) is 14.5. The van der Waals surface area contributed by atoms with E-state index in [-0.39, 0.29) is 12.4 Å². The Labute approximate surface area is 121 Å². The molecule has 0 aromatic heterocycles. The summed E-state index contributed by atoms with van der Waals surface area (Å²) in [6, 6.07) is 6.19. The molecule has 106 valence electrons. The average molecular weight is 284 g/mol. The molecule has 2 heterocycles. The maximum Gasteiger partial charge on any atom is 0.123 e. The van der Waals surface area contributed by atoms with Crippen LogP contribution in [0.2, 0.25) is 0 Å². The van der Waals surface area contributed by atoms with E-state index in [1.165, 1.54) is 31.6 Å². The lowest BCUT2D eigenvalue weighted by atomic mass is 9.87. The molecule has 1 saturated heterocycles. The fourth-order valence-electron chi connectivity index (χ4n) is 3.25. The zero-order valence-corrected chi connectivity index (χ0v) is 12.4. The Bertz CT molecular complexity index is 438. The van der Waals surface area contributed by atoms with E-state index >= 15 is 0 Å². The number of halogens is 1. The minimum absolute atomic E-state index is 0. The van der Waals surface area contributed by atoms with Crippen LogP contribution in [0, 0.1) is 5.92 Å². The van der Waals surface area contributed by atoms with Crippen molar-refractivity contribution < 1.29 is 9.47 Å². The summed E-state index contributed by atoms with van der Waals surface area (Å²) in [5.74, 6) is 3.26. The second-order valence-electron chi connectivity index (χ2n) is 5.34. The zero-order chi connectivity index (χ0) is 12.5. The topological polar surface area (TPSA) is 21.7 Å². The first-order valence-corrected chi connectivity index (χ1v) is 6.85. The van der Waals surface area contributed by atoms with Gasteiger partial charge in [0.2, 0.25) is 0 Å². The van der Waals surface area contributed by atoms with E-state index in [4.69, 9.17) is 9.47 Å². The van der Waals surface area contributed by atoms with Crippen LogP contribution >= 0.6 is 12.4 Å². The van der Waals surface area contributed by atoms with Gasteiger partial charge in [-0.2, -0.15) is 0 Å². The molecule has 2 atom stereocenters. The van der Waals surface area contributed by atoms with Crippen molar-refractivity contribution in [2.75, 3.05) is 33.4 Å². The first-order chi connectivity index (χ1) is 8.81. The summed E-state index contributed by atoms with van der Waals surface area (Å²) in [5, 5.41) is 0. The number of nitrogens with zero attached hydrogens (tertiary/aromatic N) is 1. The van der Waals surface area contributed by atoms with Crippen LogP contribution < -0.4 is 9.47 Å². The van der Waals surface area contributed by atoms with E-state index in [9.17, 15) is 0 Å². The number of benzene rings is 1. The van der Waals surface area contributed by atoms with Crippen LogP contribution in [0.15, 0.2) is 18.2 Å². The van der Waals surface area contributed by atoms with Crippen LogP contribution in [0.4, 0.5) is 0 Å². The summed E-state index contributed by atoms with van der Waals surface area (Å²) >= 11 is 0. The highest BCUT2D eigenvalue weighted by atomic mass is 35.5. The summed E-state index contributed by atoms with van der Waals surface area (Å²) in [7, 11) is 1.72. The standard InChI is InChI=1S/C15H21NO2.ClH/c1-3-6-16-8-11-10-18-15-5-4-12(17-2)7-13(15)14(11)9-16;/h4-5,7,11,14H,3,6,8-10H2,1-2H3;1H. The van der Waals surface area contributed by atoms with Gasteiger partial charge in [-0.1, -0.05) is 6.92 Å². The van der Waals surface area contributed by atoms with Gasteiger partial charge in [0, 0.05) is 30.5 Å². The minimum Gasteiger partial charge on any atom is -0.497 e. The van der Waals surface area contributed by atoms with Crippen molar-refractivity contribution in [3.63, 3.8) is 0 Å². The second-order valence-corrected chi connectivity index (χ2v) is 5.34. The second kappa shape index (κ2) is 6.02. The molecule has 2 aliphatic heterocycles. The molecule has 0 N–H and O–H groups in total. The fraction of sp³-hybridized carbons (Fsp3) is 0.600. The van der Waals surface area contributed by atoms with Crippen LogP contribution in [0.25, 0.3) is 0 Å². The third-order valence-corrected chi connectivity index (χ3v) is 4.13. The molecule has 1 aromatic carbocycles. The maximum absolute atomic E-state index is 5.88. The quantitative estimate of drug-likeness (QED) is 0.851. The average Bonchev–Trinajstić information content (AvgIpc) is 2.81. The lowest BCUT2D eigenvalue weighted by molar-refractivity contribution is 0.212. The molecule has 0 radical (unpaired) electrons. The monoisotopic (exact) mass is 283 g/mol. The molecule has 3 nitrogen and oxygen atoms in total. The smallest absolute Gasteiger partial charge is 0.123 e. The van der Waals surface area contributed by atoms with Crippen LogP contribution in [0.5, 0.6) is 11.5 Å². The first-order valence-electron chi connectivity index (χ1n) is 6.85. The molecule has 0 bridgehead atoms. The van der Waals surface area contributed by atoms with Crippen molar-refractivity contribution in [1.29, 1.82) is 0 Å². The van der Waals surface area contributed by atoms with Crippen LogP contribution in [-0.4, -0.2) is 38.3 Å². The number of rotatable bonds is 3. The molecule has 0 spiro atoms. The summed E-state index contributed by atoms with van der Waals surface area (Å²) in [4.78, 5) is 2.56. The number of hydrogen-bond acceptors (Lipinski definition) is 3. The number of hydrogen-bond donors (Lipinski definition) is 0. The van der Waals surface area contributed by atoms with E-state index in [1.807, 2.05) is 12.1 Å². The van der Waals surface area contributed by atoms with Crippen LogP contribution in [0.1, 0.15) is 24.8 Å². The van der Waals surface area contributed by atoms with Crippen molar-refractivity contribution in [3.8, 4) is 11.5 Å². The highest BCUT2D eigenvalue weighted by Gasteiger charge is 2.38. The van der Waals surface area contributed by atoms with Crippen molar-refractivity contribution in [2.24, 2.45) is 5.92 Å². The van der Waals surface area contributed by atoms with E-state index in [0.29, 0.717) is 11.8 Å². The molecule has 3 rings (SSSR count). The summed E-state index contributed by atoms with van der Waals surface area (Å²) in [6.07, 6.45) is 1.23. The molecule has 0 amide bonds. The van der Waals surface area contributed by atoms with Gasteiger partial charge in [-0.3, -0.25) is 0 Å². The van der Waals surface area contributed by atoms with E-state index in [2.05, 4.69) is 17.9 Å². The van der Waals surface area contributed by atoms with Gasteiger partial charge in [-0.25, -0.2) is 0 Å². The Morgan fingerprint density at radius 1 is 1.37 bits per heavy atom. The van der Waals surface area contributed by atoms with Gasteiger partial charge in [0.25, 0.3) is 0 Å². The Kier molecular flexibility index (Phi) is 4.58. The zero-order valence-electron chi connectivity index (χ0n) is 11.6. The fourth-order valence-corrected chi connectivity index (χ4v) is 3.25. The van der Waals surface area contributed by atoms with Crippen molar-refractivity contribution >= 4 is 12.4 Å². The van der Waals surface area contributed by atoms with Crippen LogP contribution in [-0.2, 0) is 0 Å². The van der Waals surface area contributed by atoms with Crippen molar-refractivity contribution in [1.82, 2.24) is 4.90 Å². The number of fused-ring (bicyclic) bond motifs is 3. The minimum atomic E-state index is 0. The predicted octanol–water partition coefficient (Wildman–Crippen LogP) is 2.93. The van der Waals surface area contributed by atoms with Crippen LogP contribution in [0.3, 0.4) is 0 Å². The Morgan fingerprint density at radius 2 is 2.21 bits per heavy atom. The molecule has 4 heteroatoms. The number of ether oxygens (including phenoxy) is 2. The van der Waals surface area contributed by atoms with Crippen molar-refractivity contribution in [3.05, 3.63) is 23.8 Å². The van der Waals surface area contributed by atoms with Gasteiger partial charge in [-0.15, -0.1) is 12.4 Å². The summed E-state index contributed by atoms with van der Waals surface area (Å²) < 4.78 is 11.2. The number of likely N-dealkylation sites (tertiary alicyclic amines) is 1. The largest absolute Gasteiger partial charge is 0.497 e. The van der Waals surface area contributed by atoms with Crippen molar-refractivity contribution in [2.45, 2.75) is 19.3 Å². The third kappa shape index (κ3) is 2.67. The van der Waals surface area contributed by atoms with Gasteiger partial charge in [0.05, 0.1) is 13.7 Å². The molecule has 2 unspecified atom stereocenters. The molecule has 1 aromatic rings. The Hall–Kier alpha value is -0.930. The van der Waals surface area contributed by atoms with Gasteiger partial charge in [0.1, 0.15) is 11.5 Å². The molecule has 1 fully saturated rings. The van der Waals surface area contributed by atoms with E-state index in [1.54, 1.807) is 7.11 Å². The Morgan fingerprint density at radius 3 is 2.95 bits per heavy atom.